The van der Waals surface area contributed by atoms with Gasteiger partial charge in [-0.2, -0.15) is 60.7 Å². The summed E-state index contributed by atoms with van der Waals surface area (Å²) in [5.74, 6) is 0. The van der Waals surface area contributed by atoms with Crippen molar-refractivity contribution in [2.45, 2.75) is 25.0 Å². The summed E-state index contributed by atoms with van der Waals surface area (Å²) in [4.78, 5) is 0. The minimum atomic E-state index is 0. The van der Waals surface area contributed by atoms with Crippen molar-refractivity contribution in [1.82, 2.24) is 0 Å². The Morgan fingerprint density at radius 1 is 0.613 bits per heavy atom. The maximum atomic E-state index is 6.26. The summed E-state index contributed by atoms with van der Waals surface area (Å²) in [6.07, 6.45) is 1.75. The van der Waals surface area contributed by atoms with Gasteiger partial charge in [-0.3, -0.25) is 0 Å². The van der Waals surface area contributed by atoms with Gasteiger partial charge in [0.05, 0.1) is 12.2 Å². The summed E-state index contributed by atoms with van der Waals surface area (Å²) in [5, 5.41) is 0. The SMILES string of the molecule is NCCC(OC(CCN)c1ccc[cH-]1)c1ccc[cH-]1.[Fe+2].[Fe+2].c1cc[cH-]c1.c1cc[cH-]c1. The Bertz CT molecular complexity index is 676. The van der Waals surface area contributed by atoms with Crippen molar-refractivity contribution in [3.8, 4) is 0 Å². The smallest absolute Gasteiger partial charge is 0.370 e. The number of rotatable bonds is 8. The third kappa shape index (κ3) is 12.1. The Kier molecular flexibility index (Phi) is 18.0. The second kappa shape index (κ2) is 19.0. The molecule has 0 aliphatic rings. The molecule has 4 aromatic rings. The second-order valence-electron chi connectivity index (χ2n) is 6.63. The van der Waals surface area contributed by atoms with Crippen LogP contribution in [0.5, 0.6) is 0 Å². The fourth-order valence-corrected chi connectivity index (χ4v) is 2.98. The van der Waals surface area contributed by atoms with Crippen LogP contribution in [-0.2, 0) is 38.9 Å². The van der Waals surface area contributed by atoms with Crippen LogP contribution in [0.1, 0.15) is 36.2 Å². The predicted octanol–water partition coefficient (Wildman–Crippen LogP) is 5.43. The standard InChI is InChI=1S/C16H22N2O.2C5H5.2Fe/c17-11-9-15(13-5-1-2-6-13)19-16(10-12-18)14-7-3-4-8-14;2*1-2-4-5-3-1;;/h1-8,15-16H,9-12,17-18H2;2*1-5H;;/q-2;2*-1;2*+2. The third-order valence-electron chi connectivity index (χ3n) is 4.42. The summed E-state index contributed by atoms with van der Waals surface area (Å²) in [7, 11) is 0. The molecule has 2 unspecified atom stereocenters. The molecule has 0 radical (unpaired) electrons. The van der Waals surface area contributed by atoms with E-state index in [1.807, 2.05) is 84.9 Å². The first-order chi connectivity index (χ1) is 14.3. The molecule has 0 saturated heterocycles. The Morgan fingerprint density at radius 2 is 1.00 bits per heavy atom. The Balaban J connectivity index is 0.000000615. The van der Waals surface area contributed by atoms with Crippen molar-refractivity contribution < 1.29 is 38.9 Å². The van der Waals surface area contributed by atoms with E-state index in [4.69, 9.17) is 16.2 Å². The zero-order chi connectivity index (χ0) is 20.6. The average Bonchev–Trinajstić information content (AvgIpc) is 3.58. The van der Waals surface area contributed by atoms with Crippen molar-refractivity contribution in [3.63, 3.8) is 0 Å². The molecule has 0 heterocycles. The van der Waals surface area contributed by atoms with Gasteiger partial charge in [0.2, 0.25) is 0 Å². The molecule has 5 heteroatoms. The van der Waals surface area contributed by atoms with Gasteiger partial charge in [0.1, 0.15) is 0 Å². The topological polar surface area (TPSA) is 61.3 Å². The number of hydrogen-bond donors (Lipinski definition) is 2. The van der Waals surface area contributed by atoms with E-state index in [9.17, 15) is 0 Å². The fourth-order valence-electron chi connectivity index (χ4n) is 2.98. The van der Waals surface area contributed by atoms with E-state index in [-0.39, 0.29) is 46.3 Å². The Hall–Kier alpha value is -1.68. The van der Waals surface area contributed by atoms with Crippen LogP contribution in [0.3, 0.4) is 0 Å². The largest absolute Gasteiger partial charge is 2.00 e. The molecule has 0 bridgehead atoms. The van der Waals surface area contributed by atoms with Crippen molar-refractivity contribution in [1.29, 1.82) is 0 Å². The fraction of sp³-hybridized carbons (Fsp3) is 0.231. The zero-order valence-corrected chi connectivity index (χ0v) is 19.9. The van der Waals surface area contributed by atoms with Crippen LogP contribution in [0.4, 0.5) is 0 Å². The average molecular weight is 500 g/mol. The molecule has 31 heavy (non-hydrogen) atoms. The molecule has 0 amide bonds. The van der Waals surface area contributed by atoms with Crippen molar-refractivity contribution in [3.05, 3.63) is 120 Å². The Morgan fingerprint density at radius 3 is 1.23 bits per heavy atom. The molecule has 0 spiro atoms. The Labute approximate surface area is 208 Å². The van der Waals surface area contributed by atoms with Gasteiger partial charge in [-0.25, -0.2) is 48.5 Å². The molecule has 168 valence electrons. The van der Waals surface area contributed by atoms with Crippen LogP contribution in [0.2, 0.25) is 0 Å². The molecule has 0 aliphatic heterocycles. The van der Waals surface area contributed by atoms with Crippen molar-refractivity contribution >= 4 is 0 Å². The van der Waals surface area contributed by atoms with E-state index in [1.165, 1.54) is 11.1 Å². The molecule has 3 nitrogen and oxygen atoms in total. The van der Waals surface area contributed by atoms with Gasteiger partial charge in [-0.1, -0.05) is 0 Å². The van der Waals surface area contributed by atoms with Crippen LogP contribution in [0.15, 0.2) is 109 Å². The van der Waals surface area contributed by atoms with E-state index >= 15 is 0 Å². The minimum Gasteiger partial charge on any atom is -0.370 e. The summed E-state index contributed by atoms with van der Waals surface area (Å²) in [6, 6.07) is 36.5. The minimum absolute atomic E-state index is 0. The van der Waals surface area contributed by atoms with Gasteiger partial charge < -0.3 is 16.2 Å². The first kappa shape index (κ1) is 29.3. The first-order valence-corrected chi connectivity index (χ1v) is 10.2. The molecule has 0 saturated carbocycles. The van der Waals surface area contributed by atoms with Crippen LogP contribution in [-0.4, -0.2) is 13.1 Å². The van der Waals surface area contributed by atoms with E-state index in [1.54, 1.807) is 0 Å². The van der Waals surface area contributed by atoms with Gasteiger partial charge >= 0.3 is 34.1 Å². The van der Waals surface area contributed by atoms with Crippen molar-refractivity contribution in [2.75, 3.05) is 13.1 Å². The normalized spacial score (nSPS) is 11.4. The maximum Gasteiger partial charge on any atom is 2.00 e. The number of nitrogens with two attached hydrogens (primary N) is 2. The van der Waals surface area contributed by atoms with Crippen LogP contribution in [0.25, 0.3) is 0 Å². The van der Waals surface area contributed by atoms with Gasteiger partial charge in [0.25, 0.3) is 0 Å². The first-order valence-electron chi connectivity index (χ1n) is 10.2. The number of hydrogen-bond acceptors (Lipinski definition) is 3. The van der Waals surface area contributed by atoms with Crippen LogP contribution < -0.4 is 11.5 Å². The summed E-state index contributed by atoms with van der Waals surface area (Å²) < 4.78 is 6.26. The molecular formula is C26H32Fe2N2O. The molecular weight excluding hydrogens is 468 g/mol. The molecule has 4 aromatic carbocycles. The van der Waals surface area contributed by atoms with Gasteiger partial charge in [0, 0.05) is 0 Å². The van der Waals surface area contributed by atoms with Crippen LogP contribution in [0, 0.1) is 0 Å². The quantitative estimate of drug-likeness (QED) is 0.251. The third-order valence-corrected chi connectivity index (χ3v) is 4.42. The summed E-state index contributed by atoms with van der Waals surface area (Å²) >= 11 is 0. The van der Waals surface area contributed by atoms with Crippen molar-refractivity contribution in [2.24, 2.45) is 11.5 Å². The van der Waals surface area contributed by atoms with E-state index < -0.39 is 0 Å². The van der Waals surface area contributed by atoms with E-state index in [2.05, 4.69) is 24.3 Å². The molecule has 0 aromatic heterocycles. The monoisotopic (exact) mass is 500 g/mol. The van der Waals surface area contributed by atoms with Crippen LogP contribution >= 0.6 is 0 Å². The maximum absolute atomic E-state index is 6.26. The van der Waals surface area contributed by atoms with E-state index in [0.29, 0.717) is 13.1 Å². The molecule has 0 aliphatic carbocycles. The molecule has 4 N–H and O–H groups in total. The van der Waals surface area contributed by atoms with Gasteiger partial charge in [0.15, 0.2) is 0 Å². The number of ether oxygens (including phenoxy) is 1. The molecule has 0 fully saturated rings. The summed E-state index contributed by atoms with van der Waals surface area (Å²) in [6.45, 7) is 1.23. The molecule has 2 atom stereocenters. The summed E-state index contributed by atoms with van der Waals surface area (Å²) in [5.41, 5.74) is 13.8. The zero-order valence-electron chi connectivity index (χ0n) is 17.6. The molecule has 4 rings (SSSR count). The van der Waals surface area contributed by atoms with E-state index in [0.717, 1.165) is 12.8 Å². The second-order valence-corrected chi connectivity index (χ2v) is 6.63. The van der Waals surface area contributed by atoms with Gasteiger partial charge in [-0.15, -0.1) is 11.1 Å². The predicted molar refractivity (Wildman–Crippen MR) is 122 cm³/mol. The van der Waals surface area contributed by atoms with Gasteiger partial charge in [-0.05, 0) is 25.9 Å².